The SMILES string of the molecule is CNC1=C([N+](=O)[O-])C(c2ccccc2-n2cc(-c3ccccc3)nn2)C(C#N)=C(c2c[nH]c3ccccc23)O1. The van der Waals surface area contributed by atoms with E-state index in [0.29, 0.717) is 22.5 Å². The fourth-order valence-electron chi connectivity index (χ4n) is 4.92. The Hall–Kier alpha value is -5.69. The molecule has 0 amide bonds. The van der Waals surface area contributed by atoms with Crippen LogP contribution in [0.15, 0.2) is 108 Å². The van der Waals surface area contributed by atoms with Crippen LogP contribution in [-0.4, -0.2) is 31.9 Å². The summed E-state index contributed by atoms with van der Waals surface area (Å²) in [5, 5.41) is 35.2. The third-order valence-corrected chi connectivity index (χ3v) is 6.68. The van der Waals surface area contributed by atoms with Gasteiger partial charge in [-0.2, -0.15) is 5.26 Å². The molecule has 39 heavy (non-hydrogen) atoms. The van der Waals surface area contributed by atoms with Gasteiger partial charge in [-0.3, -0.25) is 10.1 Å². The van der Waals surface area contributed by atoms with Gasteiger partial charge in [0.15, 0.2) is 5.76 Å². The topological polar surface area (TPSA) is 135 Å². The second-order valence-electron chi connectivity index (χ2n) is 8.83. The molecule has 0 spiro atoms. The van der Waals surface area contributed by atoms with E-state index in [1.165, 1.54) is 0 Å². The van der Waals surface area contributed by atoms with Crippen molar-refractivity contribution in [2.24, 2.45) is 0 Å². The van der Waals surface area contributed by atoms with Crippen molar-refractivity contribution in [3.63, 3.8) is 0 Å². The molecule has 0 saturated carbocycles. The zero-order valence-electron chi connectivity index (χ0n) is 20.7. The van der Waals surface area contributed by atoms with Crippen molar-refractivity contribution < 1.29 is 9.66 Å². The summed E-state index contributed by atoms with van der Waals surface area (Å²) >= 11 is 0. The van der Waals surface area contributed by atoms with Gasteiger partial charge in [0.2, 0.25) is 0 Å². The van der Waals surface area contributed by atoms with Crippen molar-refractivity contribution >= 4 is 16.7 Å². The number of hydrogen-bond donors (Lipinski definition) is 2. The molecule has 6 rings (SSSR count). The van der Waals surface area contributed by atoms with E-state index in [2.05, 4.69) is 26.7 Å². The van der Waals surface area contributed by atoms with Crippen LogP contribution in [0.2, 0.25) is 0 Å². The molecule has 3 aromatic carbocycles. The molecule has 0 aliphatic carbocycles. The average molecular weight is 516 g/mol. The number of aromatic nitrogens is 4. The lowest BCUT2D eigenvalue weighted by molar-refractivity contribution is -0.433. The van der Waals surface area contributed by atoms with Gasteiger partial charge < -0.3 is 15.0 Å². The van der Waals surface area contributed by atoms with Crippen molar-refractivity contribution in [1.82, 2.24) is 25.3 Å². The van der Waals surface area contributed by atoms with Crippen LogP contribution in [0.1, 0.15) is 17.0 Å². The van der Waals surface area contributed by atoms with Gasteiger partial charge in [-0.25, -0.2) is 4.68 Å². The van der Waals surface area contributed by atoms with Crippen molar-refractivity contribution in [2.75, 3.05) is 7.05 Å². The molecule has 0 fully saturated rings. The maximum absolute atomic E-state index is 12.5. The molecule has 0 saturated heterocycles. The lowest BCUT2D eigenvalue weighted by Gasteiger charge is -2.26. The Morgan fingerprint density at radius 3 is 2.59 bits per heavy atom. The first-order valence-corrected chi connectivity index (χ1v) is 12.1. The standard InChI is InChI=1S/C29H21N7O3/c1-31-29-27(36(37)38)26(21(15-30)28(39-29)22-16-32-23-13-7-5-11-19(22)23)20-12-6-8-14-25(20)35-17-24(33-34-35)18-9-3-2-4-10-18/h2-14,16-17,26,31-32H,1H3. The lowest BCUT2D eigenvalue weighted by Crippen LogP contribution is -2.27. The van der Waals surface area contributed by atoms with E-state index in [1.54, 1.807) is 42.3 Å². The molecule has 10 nitrogen and oxygen atoms in total. The number of aromatic amines is 1. The maximum Gasteiger partial charge on any atom is 0.318 e. The third kappa shape index (κ3) is 3.98. The Morgan fingerprint density at radius 2 is 1.82 bits per heavy atom. The third-order valence-electron chi connectivity index (χ3n) is 6.68. The quantitative estimate of drug-likeness (QED) is 0.236. The first kappa shape index (κ1) is 23.7. The molecule has 1 aliphatic rings. The average Bonchev–Trinajstić information content (AvgIpc) is 3.64. The molecule has 1 atom stereocenters. The number of para-hydroxylation sites is 2. The number of hydrogen-bond acceptors (Lipinski definition) is 7. The molecule has 1 unspecified atom stereocenters. The molecule has 0 bridgehead atoms. The molecule has 2 N–H and O–H groups in total. The number of nitro groups is 1. The Labute approximate surface area is 222 Å². The van der Waals surface area contributed by atoms with Crippen molar-refractivity contribution in [1.29, 1.82) is 5.26 Å². The summed E-state index contributed by atoms with van der Waals surface area (Å²) in [5.41, 5.74) is 3.92. The molecule has 5 aromatic rings. The summed E-state index contributed by atoms with van der Waals surface area (Å²) in [5.74, 6) is -0.846. The van der Waals surface area contributed by atoms with Gasteiger partial charge in [0.05, 0.1) is 28.4 Å². The van der Waals surface area contributed by atoms with Crippen LogP contribution in [-0.2, 0) is 4.74 Å². The Balaban J connectivity index is 1.57. The van der Waals surface area contributed by atoms with E-state index in [9.17, 15) is 15.4 Å². The molecular weight excluding hydrogens is 494 g/mol. The second-order valence-corrected chi connectivity index (χ2v) is 8.83. The summed E-state index contributed by atoms with van der Waals surface area (Å²) in [6.07, 6.45) is 3.51. The number of nitriles is 1. The number of allylic oxidation sites excluding steroid dienone is 1. The predicted molar refractivity (Wildman–Crippen MR) is 145 cm³/mol. The number of ether oxygens (including phenoxy) is 1. The zero-order chi connectivity index (χ0) is 26.9. The second kappa shape index (κ2) is 9.64. The van der Waals surface area contributed by atoms with Crippen molar-refractivity contribution in [2.45, 2.75) is 5.92 Å². The highest BCUT2D eigenvalue weighted by Crippen LogP contribution is 2.45. The highest BCUT2D eigenvalue weighted by Gasteiger charge is 2.43. The number of benzene rings is 3. The number of fused-ring (bicyclic) bond motifs is 1. The van der Waals surface area contributed by atoms with Crippen LogP contribution in [0.4, 0.5) is 0 Å². The molecule has 0 radical (unpaired) electrons. The Kier molecular flexibility index (Phi) is 5.86. The van der Waals surface area contributed by atoms with E-state index >= 15 is 0 Å². The van der Waals surface area contributed by atoms with Crippen molar-refractivity contribution in [3.05, 3.63) is 130 Å². The summed E-state index contributed by atoms with van der Waals surface area (Å²) in [4.78, 5) is 15.2. The summed E-state index contributed by atoms with van der Waals surface area (Å²) in [6, 6.07) is 26.6. The molecule has 3 heterocycles. The first-order valence-electron chi connectivity index (χ1n) is 12.1. The van der Waals surface area contributed by atoms with Gasteiger partial charge in [0.25, 0.3) is 5.88 Å². The largest absolute Gasteiger partial charge is 0.434 e. The number of H-pyrrole nitrogens is 1. The van der Waals surface area contributed by atoms with Crippen LogP contribution < -0.4 is 5.32 Å². The van der Waals surface area contributed by atoms with E-state index in [0.717, 1.165) is 16.5 Å². The minimum absolute atomic E-state index is 0.0392. The van der Waals surface area contributed by atoms with E-state index in [1.807, 2.05) is 60.7 Å². The van der Waals surface area contributed by atoms with Gasteiger partial charge in [-0.1, -0.05) is 71.9 Å². The summed E-state index contributed by atoms with van der Waals surface area (Å²) in [7, 11) is 1.55. The lowest BCUT2D eigenvalue weighted by atomic mass is 9.84. The predicted octanol–water partition coefficient (Wildman–Crippen LogP) is 5.13. The van der Waals surface area contributed by atoms with Crippen LogP contribution in [0.25, 0.3) is 33.6 Å². The molecule has 1 aliphatic heterocycles. The van der Waals surface area contributed by atoms with E-state index < -0.39 is 10.8 Å². The molecule has 190 valence electrons. The number of nitrogens with zero attached hydrogens (tertiary/aromatic N) is 5. The number of nitrogens with one attached hydrogen (secondary N) is 2. The van der Waals surface area contributed by atoms with Gasteiger partial charge >= 0.3 is 5.70 Å². The monoisotopic (exact) mass is 515 g/mol. The van der Waals surface area contributed by atoms with Crippen LogP contribution in [0.3, 0.4) is 0 Å². The number of rotatable bonds is 6. The minimum Gasteiger partial charge on any atom is -0.434 e. The zero-order valence-corrected chi connectivity index (χ0v) is 20.7. The first-order chi connectivity index (χ1) is 19.1. The van der Waals surface area contributed by atoms with Gasteiger partial charge in [-0.05, 0) is 17.7 Å². The highest BCUT2D eigenvalue weighted by atomic mass is 16.6. The molecule has 10 heteroatoms. The van der Waals surface area contributed by atoms with E-state index in [-0.39, 0.29) is 22.9 Å². The van der Waals surface area contributed by atoms with Gasteiger partial charge in [0, 0.05) is 35.3 Å². The van der Waals surface area contributed by atoms with Crippen molar-refractivity contribution in [3.8, 4) is 23.0 Å². The summed E-state index contributed by atoms with van der Waals surface area (Å²) in [6.45, 7) is 0. The Morgan fingerprint density at radius 1 is 1.08 bits per heavy atom. The van der Waals surface area contributed by atoms with Gasteiger partial charge in [0.1, 0.15) is 11.6 Å². The van der Waals surface area contributed by atoms with Crippen LogP contribution in [0, 0.1) is 21.4 Å². The maximum atomic E-state index is 12.5. The fourth-order valence-corrected chi connectivity index (χ4v) is 4.92. The van der Waals surface area contributed by atoms with Gasteiger partial charge in [-0.15, -0.1) is 5.10 Å². The smallest absolute Gasteiger partial charge is 0.318 e. The minimum atomic E-state index is -1.05. The molecule has 2 aromatic heterocycles. The normalized spacial score (nSPS) is 15.2. The fraction of sp³-hybridized carbons (Fsp3) is 0.0690. The van der Waals surface area contributed by atoms with Crippen LogP contribution >= 0.6 is 0 Å². The Bertz CT molecular complexity index is 1830. The summed E-state index contributed by atoms with van der Waals surface area (Å²) < 4.78 is 7.63. The highest BCUT2D eigenvalue weighted by molar-refractivity contribution is 5.93. The van der Waals surface area contributed by atoms with Crippen LogP contribution in [0.5, 0.6) is 0 Å². The van der Waals surface area contributed by atoms with E-state index in [4.69, 9.17) is 4.74 Å². The molecular formula is C29H21N7O3.